The number of carbonyl (C=O) groups excluding carboxylic acids is 3. The van der Waals surface area contributed by atoms with Crippen LogP contribution in [0.4, 0.5) is 4.79 Å². The van der Waals surface area contributed by atoms with Gasteiger partial charge in [0, 0.05) is 32.2 Å². The molecule has 1 aromatic rings. The van der Waals surface area contributed by atoms with Gasteiger partial charge in [0.15, 0.2) is 0 Å². The largest absolute Gasteiger partial charge is 0.369 e. The minimum Gasteiger partial charge on any atom is -0.369 e. The van der Waals surface area contributed by atoms with Gasteiger partial charge in [0.2, 0.25) is 5.91 Å². The fourth-order valence-electron chi connectivity index (χ4n) is 2.65. The van der Waals surface area contributed by atoms with Gasteiger partial charge in [0.25, 0.3) is 5.91 Å². The number of benzene rings is 1. The fraction of sp³-hybridized carbons (Fsp3) is 0.438. The minimum absolute atomic E-state index is 0.168. The summed E-state index contributed by atoms with van der Waals surface area (Å²) in [5.41, 5.74) is 6.70. The topological polar surface area (TPSA) is 105 Å². The van der Waals surface area contributed by atoms with E-state index in [1.165, 1.54) is 0 Å². The molecule has 0 saturated carbocycles. The molecule has 0 aliphatic carbocycles. The molecule has 0 spiro atoms. The lowest BCUT2D eigenvalue weighted by Gasteiger charge is -2.31. The van der Waals surface area contributed by atoms with E-state index in [1.54, 1.807) is 30.1 Å². The molecule has 1 aliphatic heterocycles. The molecular weight excluding hydrogens is 296 g/mol. The molecule has 4 amide bonds. The zero-order valence-corrected chi connectivity index (χ0v) is 13.2. The number of hydrogen-bond donors (Lipinski definition) is 3. The molecule has 0 aromatic heterocycles. The molecule has 23 heavy (non-hydrogen) atoms. The quantitative estimate of drug-likeness (QED) is 0.751. The Morgan fingerprint density at radius 3 is 2.83 bits per heavy atom. The van der Waals surface area contributed by atoms with E-state index < -0.39 is 0 Å². The third kappa shape index (κ3) is 4.45. The molecule has 1 aromatic carbocycles. The van der Waals surface area contributed by atoms with E-state index in [4.69, 9.17) is 5.73 Å². The van der Waals surface area contributed by atoms with Crippen LogP contribution in [0.1, 0.15) is 28.8 Å². The molecule has 1 aliphatic rings. The van der Waals surface area contributed by atoms with Crippen molar-refractivity contribution in [1.29, 1.82) is 0 Å². The molecule has 7 heteroatoms. The lowest BCUT2D eigenvalue weighted by atomic mass is 9.98. The lowest BCUT2D eigenvalue weighted by molar-refractivity contribution is -0.123. The van der Waals surface area contributed by atoms with Gasteiger partial charge in [-0.1, -0.05) is 12.1 Å². The van der Waals surface area contributed by atoms with Crippen LogP contribution < -0.4 is 16.4 Å². The van der Waals surface area contributed by atoms with E-state index in [-0.39, 0.29) is 23.8 Å². The Morgan fingerprint density at radius 1 is 1.35 bits per heavy atom. The van der Waals surface area contributed by atoms with Crippen LogP contribution in [-0.4, -0.2) is 42.9 Å². The number of nitrogens with zero attached hydrogens (tertiary/aromatic N) is 1. The highest BCUT2D eigenvalue weighted by molar-refractivity contribution is 5.94. The number of likely N-dealkylation sites (tertiary alicyclic amines) is 1. The Bertz CT molecular complexity index is 603. The molecule has 7 nitrogen and oxygen atoms in total. The van der Waals surface area contributed by atoms with Crippen molar-refractivity contribution in [2.24, 2.45) is 11.7 Å². The summed E-state index contributed by atoms with van der Waals surface area (Å²) in [5.74, 6) is -0.801. The van der Waals surface area contributed by atoms with Crippen molar-refractivity contribution in [3.05, 3.63) is 35.4 Å². The average molecular weight is 318 g/mol. The van der Waals surface area contributed by atoms with Crippen molar-refractivity contribution in [3.8, 4) is 0 Å². The second kappa shape index (κ2) is 7.62. The lowest BCUT2D eigenvalue weighted by Crippen LogP contribution is -2.47. The van der Waals surface area contributed by atoms with Crippen molar-refractivity contribution in [2.75, 3.05) is 20.1 Å². The molecule has 1 fully saturated rings. The van der Waals surface area contributed by atoms with E-state index in [2.05, 4.69) is 10.6 Å². The molecule has 4 N–H and O–H groups in total. The number of rotatable bonds is 4. The zero-order chi connectivity index (χ0) is 16.8. The molecule has 1 heterocycles. The number of primary amides is 1. The van der Waals surface area contributed by atoms with Gasteiger partial charge in [-0.3, -0.25) is 9.59 Å². The van der Waals surface area contributed by atoms with Gasteiger partial charge in [-0.15, -0.1) is 0 Å². The molecule has 0 radical (unpaired) electrons. The summed E-state index contributed by atoms with van der Waals surface area (Å²) in [6.45, 7) is 1.30. The van der Waals surface area contributed by atoms with Crippen LogP contribution in [-0.2, 0) is 11.3 Å². The summed E-state index contributed by atoms with van der Waals surface area (Å²) in [5, 5.41) is 5.38. The Balaban J connectivity index is 1.91. The van der Waals surface area contributed by atoms with Crippen LogP contribution in [0.25, 0.3) is 0 Å². The third-order valence-corrected chi connectivity index (χ3v) is 3.97. The first-order valence-corrected chi connectivity index (χ1v) is 7.64. The SMILES string of the molecule is CNC(=O)c1cccc(CNC(=O)N2CCC[C@@H](C(N)=O)C2)c1. The van der Waals surface area contributed by atoms with Crippen LogP contribution in [0.5, 0.6) is 0 Å². The van der Waals surface area contributed by atoms with Crippen LogP contribution in [0.3, 0.4) is 0 Å². The second-order valence-electron chi connectivity index (χ2n) is 5.63. The summed E-state index contributed by atoms with van der Waals surface area (Å²) < 4.78 is 0. The van der Waals surface area contributed by atoms with Gasteiger partial charge < -0.3 is 21.3 Å². The first-order valence-electron chi connectivity index (χ1n) is 7.64. The van der Waals surface area contributed by atoms with Gasteiger partial charge >= 0.3 is 6.03 Å². The van der Waals surface area contributed by atoms with Gasteiger partial charge in [-0.05, 0) is 30.5 Å². The molecule has 2 rings (SSSR count). The first-order chi connectivity index (χ1) is 11.0. The van der Waals surface area contributed by atoms with Crippen molar-refractivity contribution >= 4 is 17.8 Å². The zero-order valence-electron chi connectivity index (χ0n) is 13.2. The monoisotopic (exact) mass is 318 g/mol. The number of hydrogen-bond acceptors (Lipinski definition) is 3. The van der Waals surface area contributed by atoms with Crippen LogP contribution in [0, 0.1) is 5.92 Å². The average Bonchev–Trinajstić information content (AvgIpc) is 2.59. The smallest absolute Gasteiger partial charge is 0.317 e. The van der Waals surface area contributed by atoms with Gasteiger partial charge in [-0.2, -0.15) is 0 Å². The number of carbonyl (C=O) groups is 3. The van der Waals surface area contributed by atoms with E-state index in [0.29, 0.717) is 25.2 Å². The van der Waals surface area contributed by atoms with Gasteiger partial charge in [0.05, 0.1) is 5.92 Å². The summed E-state index contributed by atoms with van der Waals surface area (Å²) in [6.07, 6.45) is 1.50. The Morgan fingerprint density at radius 2 is 2.13 bits per heavy atom. The maximum Gasteiger partial charge on any atom is 0.317 e. The molecular formula is C16H22N4O3. The van der Waals surface area contributed by atoms with Crippen molar-refractivity contribution < 1.29 is 14.4 Å². The standard InChI is InChI=1S/C16H22N4O3/c1-18-15(22)12-5-2-4-11(8-12)9-19-16(23)20-7-3-6-13(10-20)14(17)21/h2,4-5,8,13H,3,6-7,9-10H2,1H3,(H2,17,21)(H,18,22)(H,19,23)/t13-/m1/s1. The minimum atomic E-state index is -0.360. The van der Waals surface area contributed by atoms with Gasteiger partial charge in [0.1, 0.15) is 0 Å². The van der Waals surface area contributed by atoms with E-state index in [1.807, 2.05) is 6.07 Å². The van der Waals surface area contributed by atoms with E-state index in [9.17, 15) is 14.4 Å². The molecule has 124 valence electrons. The predicted octanol–water partition coefficient (Wildman–Crippen LogP) is 0.453. The molecule has 1 atom stereocenters. The Hall–Kier alpha value is -2.57. The van der Waals surface area contributed by atoms with Crippen LogP contribution in [0.15, 0.2) is 24.3 Å². The molecule has 0 unspecified atom stereocenters. The van der Waals surface area contributed by atoms with Crippen molar-refractivity contribution in [2.45, 2.75) is 19.4 Å². The van der Waals surface area contributed by atoms with Crippen molar-refractivity contribution in [3.63, 3.8) is 0 Å². The molecule has 0 bridgehead atoms. The number of nitrogens with one attached hydrogen (secondary N) is 2. The van der Waals surface area contributed by atoms with Crippen molar-refractivity contribution in [1.82, 2.24) is 15.5 Å². The van der Waals surface area contributed by atoms with E-state index >= 15 is 0 Å². The maximum atomic E-state index is 12.2. The fourth-order valence-corrected chi connectivity index (χ4v) is 2.65. The van der Waals surface area contributed by atoms with E-state index in [0.717, 1.165) is 18.4 Å². The number of piperidine rings is 1. The predicted molar refractivity (Wildman–Crippen MR) is 85.6 cm³/mol. The number of amides is 4. The highest BCUT2D eigenvalue weighted by Gasteiger charge is 2.26. The maximum absolute atomic E-state index is 12.2. The highest BCUT2D eigenvalue weighted by Crippen LogP contribution is 2.16. The van der Waals surface area contributed by atoms with Crippen LogP contribution in [0.2, 0.25) is 0 Å². The first kappa shape index (κ1) is 16.8. The molecule has 1 saturated heterocycles. The Kier molecular flexibility index (Phi) is 5.56. The summed E-state index contributed by atoms with van der Waals surface area (Å²) in [7, 11) is 1.57. The Labute approximate surface area is 135 Å². The summed E-state index contributed by atoms with van der Waals surface area (Å²) >= 11 is 0. The second-order valence-corrected chi connectivity index (χ2v) is 5.63. The normalized spacial score (nSPS) is 17.4. The highest BCUT2D eigenvalue weighted by atomic mass is 16.2. The number of nitrogens with two attached hydrogens (primary N) is 1. The van der Waals surface area contributed by atoms with Gasteiger partial charge in [-0.25, -0.2) is 4.79 Å². The third-order valence-electron chi connectivity index (χ3n) is 3.97. The summed E-state index contributed by atoms with van der Waals surface area (Å²) in [4.78, 5) is 36.7. The summed E-state index contributed by atoms with van der Waals surface area (Å²) in [6, 6.07) is 6.85. The van der Waals surface area contributed by atoms with Crippen LogP contribution >= 0.6 is 0 Å². The number of urea groups is 1.